The number of hydrogen-bond acceptors (Lipinski definition) is 3. The third-order valence-corrected chi connectivity index (χ3v) is 4.48. The molecule has 2 N–H and O–H groups in total. The standard InChI is InChI=1S/C16H25ClN2O/c1-3-18-12(2)15-5-4-14(10-16(15)17)19-8-6-13(11-19)7-9-20/h4-5,10,12-13,18,20H,3,6-9,11H2,1-2H3. The van der Waals surface area contributed by atoms with Crippen molar-refractivity contribution in [2.45, 2.75) is 32.7 Å². The smallest absolute Gasteiger partial charge is 0.0474 e. The predicted molar refractivity (Wildman–Crippen MR) is 85.6 cm³/mol. The predicted octanol–water partition coefficient (Wildman–Crippen LogP) is 3.22. The van der Waals surface area contributed by atoms with Gasteiger partial charge >= 0.3 is 0 Å². The lowest BCUT2D eigenvalue weighted by atomic mass is 10.1. The van der Waals surface area contributed by atoms with Gasteiger partial charge in [0.05, 0.1) is 0 Å². The zero-order chi connectivity index (χ0) is 14.5. The number of benzene rings is 1. The fraction of sp³-hybridized carbons (Fsp3) is 0.625. The Labute approximate surface area is 126 Å². The summed E-state index contributed by atoms with van der Waals surface area (Å²) in [6, 6.07) is 6.65. The maximum atomic E-state index is 9.03. The van der Waals surface area contributed by atoms with Gasteiger partial charge in [0.25, 0.3) is 0 Å². The highest BCUT2D eigenvalue weighted by molar-refractivity contribution is 6.31. The van der Waals surface area contributed by atoms with Crippen molar-refractivity contribution in [2.75, 3.05) is 31.1 Å². The van der Waals surface area contributed by atoms with Crippen LogP contribution in [0.25, 0.3) is 0 Å². The highest BCUT2D eigenvalue weighted by Gasteiger charge is 2.22. The van der Waals surface area contributed by atoms with E-state index < -0.39 is 0 Å². The van der Waals surface area contributed by atoms with Crippen molar-refractivity contribution < 1.29 is 5.11 Å². The summed E-state index contributed by atoms with van der Waals surface area (Å²) in [6.07, 6.45) is 2.06. The Morgan fingerprint density at radius 2 is 2.30 bits per heavy atom. The molecule has 112 valence electrons. The molecule has 2 atom stereocenters. The maximum absolute atomic E-state index is 9.03. The summed E-state index contributed by atoms with van der Waals surface area (Å²) in [4.78, 5) is 2.37. The van der Waals surface area contributed by atoms with E-state index in [4.69, 9.17) is 16.7 Å². The Hall–Kier alpha value is -0.770. The van der Waals surface area contributed by atoms with Crippen LogP contribution in [-0.2, 0) is 0 Å². The van der Waals surface area contributed by atoms with Crippen molar-refractivity contribution >= 4 is 17.3 Å². The number of aliphatic hydroxyl groups is 1. The van der Waals surface area contributed by atoms with Crippen LogP contribution in [0.5, 0.6) is 0 Å². The molecule has 1 aliphatic heterocycles. The number of aliphatic hydroxyl groups excluding tert-OH is 1. The van der Waals surface area contributed by atoms with Crippen molar-refractivity contribution in [3.63, 3.8) is 0 Å². The Morgan fingerprint density at radius 1 is 1.50 bits per heavy atom. The topological polar surface area (TPSA) is 35.5 Å². The van der Waals surface area contributed by atoms with Crippen LogP contribution >= 0.6 is 11.6 Å². The van der Waals surface area contributed by atoms with E-state index in [-0.39, 0.29) is 6.04 Å². The molecule has 1 aromatic rings. The van der Waals surface area contributed by atoms with Crippen LogP contribution in [0, 0.1) is 5.92 Å². The van der Waals surface area contributed by atoms with Crippen LogP contribution in [0.1, 0.15) is 38.3 Å². The Kier molecular flexibility index (Phi) is 5.70. The molecule has 0 saturated carbocycles. The lowest BCUT2D eigenvalue weighted by Crippen LogP contribution is -2.21. The van der Waals surface area contributed by atoms with Crippen molar-refractivity contribution in [1.29, 1.82) is 0 Å². The first kappa shape index (κ1) is 15.6. The van der Waals surface area contributed by atoms with Crippen molar-refractivity contribution in [2.24, 2.45) is 5.92 Å². The van der Waals surface area contributed by atoms with Gasteiger partial charge in [-0.15, -0.1) is 0 Å². The molecule has 2 unspecified atom stereocenters. The van der Waals surface area contributed by atoms with Gasteiger partial charge in [0.2, 0.25) is 0 Å². The van der Waals surface area contributed by atoms with Crippen LogP contribution in [0.4, 0.5) is 5.69 Å². The molecule has 1 aromatic carbocycles. The summed E-state index contributed by atoms with van der Waals surface area (Å²) in [5, 5.41) is 13.3. The molecule has 2 rings (SSSR count). The molecule has 3 nitrogen and oxygen atoms in total. The average molecular weight is 297 g/mol. The average Bonchev–Trinajstić information content (AvgIpc) is 2.88. The Morgan fingerprint density at radius 3 is 2.95 bits per heavy atom. The molecule has 1 heterocycles. The van der Waals surface area contributed by atoms with E-state index in [2.05, 4.69) is 42.3 Å². The second-order valence-corrected chi connectivity index (χ2v) is 6.01. The normalized spacial score (nSPS) is 20.4. The summed E-state index contributed by atoms with van der Waals surface area (Å²) in [6.45, 7) is 7.55. The molecule has 0 amide bonds. The van der Waals surface area contributed by atoms with Gasteiger partial charge in [0.15, 0.2) is 0 Å². The minimum atomic E-state index is 0.280. The molecular weight excluding hydrogens is 272 g/mol. The molecular formula is C16H25ClN2O. The number of nitrogens with zero attached hydrogens (tertiary/aromatic N) is 1. The van der Waals surface area contributed by atoms with Gasteiger partial charge < -0.3 is 15.3 Å². The van der Waals surface area contributed by atoms with Crippen LogP contribution in [0.2, 0.25) is 5.02 Å². The lowest BCUT2D eigenvalue weighted by Gasteiger charge is -2.21. The van der Waals surface area contributed by atoms with Gasteiger partial charge in [-0.2, -0.15) is 0 Å². The first-order chi connectivity index (χ1) is 9.65. The molecule has 0 radical (unpaired) electrons. The molecule has 1 aliphatic rings. The number of anilines is 1. The van der Waals surface area contributed by atoms with E-state index >= 15 is 0 Å². The summed E-state index contributed by atoms with van der Waals surface area (Å²) >= 11 is 6.43. The fourth-order valence-corrected chi connectivity index (χ4v) is 3.30. The molecule has 0 bridgehead atoms. The first-order valence-corrected chi connectivity index (χ1v) is 7.92. The van der Waals surface area contributed by atoms with E-state index in [1.54, 1.807) is 0 Å². The van der Waals surface area contributed by atoms with Gasteiger partial charge in [0.1, 0.15) is 0 Å². The number of rotatable bonds is 6. The van der Waals surface area contributed by atoms with Crippen LogP contribution in [-0.4, -0.2) is 31.3 Å². The number of nitrogens with one attached hydrogen (secondary N) is 1. The number of hydrogen-bond donors (Lipinski definition) is 2. The second kappa shape index (κ2) is 7.30. The summed E-state index contributed by atoms with van der Waals surface area (Å²) in [7, 11) is 0. The largest absolute Gasteiger partial charge is 0.396 e. The third kappa shape index (κ3) is 3.66. The van der Waals surface area contributed by atoms with Gasteiger partial charge in [-0.1, -0.05) is 24.6 Å². The van der Waals surface area contributed by atoms with Crippen LogP contribution in [0.15, 0.2) is 18.2 Å². The summed E-state index contributed by atoms with van der Waals surface area (Å²) < 4.78 is 0. The van der Waals surface area contributed by atoms with Crippen molar-refractivity contribution in [1.82, 2.24) is 5.32 Å². The van der Waals surface area contributed by atoms with Gasteiger partial charge in [0, 0.05) is 36.4 Å². The highest BCUT2D eigenvalue weighted by atomic mass is 35.5. The molecule has 0 spiro atoms. The van der Waals surface area contributed by atoms with E-state index in [1.807, 2.05) is 0 Å². The second-order valence-electron chi connectivity index (χ2n) is 5.60. The lowest BCUT2D eigenvalue weighted by molar-refractivity contribution is 0.263. The maximum Gasteiger partial charge on any atom is 0.0474 e. The minimum absolute atomic E-state index is 0.280. The monoisotopic (exact) mass is 296 g/mol. The van der Waals surface area contributed by atoms with E-state index in [0.29, 0.717) is 12.5 Å². The Bertz CT molecular complexity index is 438. The molecule has 1 saturated heterocycles. The first-order valence-electron chi connectivity index (χ1n) is 7.54. The SMILES string of the molecule is CCNC(C)c1ccc(N2CCC(CCO)C2)cc1Cl. The fourth-order valence-electron chi connectivity index (χ4n) is 2.97. The van der Waals surface area contributed by atoms with Gasteiger partial charge in [-0.05, 0) is 49.9 Å². The molecule has 4 heteroatoms. The molecule has 0 aromatic heterocycles. The summed E-state index contributed by atoms with van der Waals surface area (Å²) in [5.74, 6) is 0.610. The van der Waals surface area contributed by atoms with Crippen LogP contribution in [0.3, 0.4) is 0 Å². The Balaban J connectivity index is 2.06. The van der Waals surface area contributed by atoms with Crippen molar-refractivity contribution in [3.8, 4) is 0 Å². The molecule has 0 aliphatic carbocycles. The third-order valence-electron chi connectivity index (χ3n) is 4.15. The van der Waals surface area contributed by atoms with Crippen LogP contribution < -0.4 is 10.2 Å². The summed E-state index contributed by atoms with van der Waals surface area (Å²) in [5.41, 5.74) is 2.35. The minimum Gasteiger partial charge on any atom is -0.396 e. The molecule has 1 fully saturated rings. The highest BCUT2D eigenvalue weighted by Crippen LogP contribution is 2.31. The van der Waals surface area contributed by atoms with Gasteiger partial charge in [-0.3, -0.25) is 0 Å². The quantitative estimate of drug-likeness (QED) is 0.846. The van der Waals surface area contributed by atoms with Crippen molar-refractivity contribution in [3.05, 3.63) is 28.8 Å². The van der Waals surface area contributed by atoms with E-state index in [0.717, 1.165) is 43.1 Å². The van der Waals surface area contributed by atoms with E-state index in [1.165, 1.54) is 5.69 Å². The number of halogens is 1. The van der Waals surface area contributed by atoms with E-state index in [9.17, 15) is 0 Å². The van der Waals surface area contributed by atoms with Gasteiger partial charge in [-0.25, -0.2) is 0 Å². The molecule has 20 heavy (non-hydrogen) atoms. The zero-order valence-corrected chi connectivity index (χ0v) is 13.2. The zero-order valence-electron chi connectivity index (χ0n) is 12.4.